The fourth-order valence-corrected chi connectivity index (χ4v) is 3.65. The molecule has 0 fully saturated rings. The molecule has 3 N–H and O–H groups in total. The zero-order chi connectivity index (χ0) is 22.1. The molecule has 160 valence electrons. The summed E-state index contributed by atoms with van der Waals surface area (Å²) in [6.07, 6.45) is 1.34. The van der Waals surface area contributed by atoms with Crippen LogP contribution in [0.25, 0.3) is 11.2 Å². The van der Waals surface area contributed by atoms with E-state index in [2.05, 4.69) is 20.3 Å². The van der Waals surface area contributed by atoms with Gasteiger partial charge in [0.05, 0.1) is 18.5 Å². The predicted molar refractivity (Wildman–Crippen MR) is 112 cm³/mol. The molecule has 0 saturated carbocycles. The number of anilines is 1. The number of hydrogen-bond acceptors (Lipinski definition) is 6. The van der Waals surface area contributed by atoms with E-state index >= 15 is 0 Å². The van der Waals surface area contributed by atoms with E-state index in [9.17, 15) is 14.4 Å². The number of rotatable bonds is 5. The first-order valence-electron chi connectivity index (χ1n) is 9.73. The largest absolute Gasteiger partial charge is 0.481 e. The standard InChI is InChI=1S/C21H22N6O4/c1-26-10-13-8-12(5-6-14(13)23-16(21(26)31)9-18(28)29)20(30)27(2)11-17-24-15-4-3-7-22-19(15)25-17/h3-8,16,23H,9-11H2,1-2H3,(H,28,29)(H,22,24,25)/t16-/m0/s1. The molecule has 0 bridgehead atoms. The van der Waals surface area contributed by atoms with Crippen molar-refractivity contribution in [1.82, 2.24) is 24.8 Å². The lowest BCUT2D eigenvalue weighted by Gasteiger charge is -2.19. The van der Waals surface area contributed by atoms with Crippen molar-refractivity contribution in [2.24, 2.45) is 0 Å². The third-order valence-electron chi connectivity index (χ3n) is 5.18. The van der Waals surface area contributed by atoms with Gasteiger partial charge in [-0.15, -0.1) is 0 Å². The van der Waals surface area contributed by atoms with Crippen molar-refractivity contribution < 1.29 is 19.5 Å². The Morgan fingerprint density at radius 2 is 2.13 bits per heavy atom. The highest BCUT2D eigenvalue weighted by Crippen LogP contribution is 2.25. The summed E-state index contributed by atoms with van der Waals surface area (Å²) in [5.41, 5.74) is 3.26. The Bertz CT molecular complexity index is 1140. The summed E-state index contributed by atoms with van der Waals surface area (Å²) in [4.78, 5) is 51.3. The molecule has 10 heteroatoms. The summed E-state index contributed by atoms with van der Waals surface area (Å²) in [6.45, 7) is 0.557. The normalized spacial score (nSPS) is 15.9. The number of nitrogens with zero attached hydrogens (tertiary/aromatic N) is 4. The van der Waals surface area contributed by atoms with E-state index in [4.69, 9.17) is 5.11 Å². The van der Waals surface area contributed by atoms with Crippen LogP contribution in [-0.4, -0.2) is 67.8 Å². The van der Waals surface area contributed by atoms with Gasteiger partial charge in [0.25, 0.3) is 5.91 Å². The maximum atomic E-state index is 13.0. The number of carbonyl (C=O) groups excluding carboxylic acids is 2. The summed E-state index contributed by atoms with van der Waals surface area (Å²) in [5, 5.41) is 12.1. The van der Waals surface area contributed by atoms with Gasteiger partial charge in [0.1, 0.15) is 11.9 Å². The third kappa shape index (κ3) is 4.18. The van der Waals surface area contributed by atoms with Crippen LogP contribution >= 0.6 is 0 Å². The minimum atomic E-state index is -1.06. The first-order chi connectivity index (χ1) is 14.8. The van der Waals surface area contributed by atoms with Crippen LogP contribution in [0.2, 0.25) is 0 Å². The van der Waals surface area contributed by atoms with Crippen LogP contribution in [0, 0.1) is 0 Å². The van der Waals surface area contributed by atoms with Crippen LogP contribution in [0.1, 0.15) is 28.2 Å². The molecule has 0 aliphatic carbocycles. The van der Waals surface area contributed by atoms with Gasteiger partial charge < -0.3 is 25.2 Å². The number of likely N-dealkylation sites (N-methyl/N-ethyl adjacent to an activating group) is 1. The first-order valence-corrected chi connectivity index (χ1v) is 9.73. The summed E-state index contributed by atoms with van der Waals surface area (Å²) < 4.78 is 0. The molecule has 0 spiro atoms. The highest BCUT2D eigenvalue weighted by molar-refractivity contribution is 5.95. The second kappa shape index (κ2) is 8.05. The Morgan fingerprint density at radius 3 is 2.87 bits per heavy atom. The number of H-pyrrole nitrogens is 1. The fourth-order valence-electron chi connectivity index (χ4n) is 3.65. The lowest BCUT2D eigenvalue weighted by Crippen LogP contribution is -2.39. The summed E-state index contributed by atoms with van der Waals surface area (Å²) in [5.74, 6) is -0.932. The number of benzene rings is 1. The molecular weight excluding hydrogens is 400 g/mol. The quantitative estimate of drug-likeness (QED) is 0.567. The summed E-state index contributed by atoms with van der Waals surface area (Å²) in [6, 6.07) is 7.94. The van der Waals surface area contributed by atoms with E-state index in [0.29, 0.717) is 22.7 Å². The van der Waals surface area contributed by atoms with E-state index < -0.39 is 12.0 Å². The van der Waals surface area contributed by atoms with E-state index in [-0.39, 0.29) is 31.3 Å². The molecule has 2 amide bonds. The topological polar surface area (TPSA) is 132 Å². The molecule has 1 atom stereocenters. The Labute approximate surface area is 177 Å². The SMILES string of the molecule is CN(Cc1nc2ncccc2[nH]1)C(=O)c1ccc2c(c1)CN(C)C(=O)[C@H](CC(=O)O)N2. The molecule has 1 aliphatic rings. The number of imidazole rings is 1. The van der Waals surface area contributed by atoms with Crippen LogP contribution in [0.4, 0.5) is 5.69 Å². The number of hydrogen-bond donors (Lipinski definition) is 3. The van der Waals surface area contributed by atoms with Gasteiger partial charge in [0.2, 0.25) is 5.91 Å². The molecule has 3 heterocycles. The Balaban J connectivity index is 1.53. The van der Waals surface area contributed by atoms with Crippen LogP contribution in [0.15, 0.2) is 36.5 Å². The van der Waals surface area contributed by atoms with Crippen molar-refractivity contribution in [3.8, 4) is 0 Å². The van der Waals surface area contributed by atoms with Crippen molar-refractivity contribution in [1.29, 1.82) is 0 Å². The van der Waals surface area contributed by atoms with Crippen molar-refractivity contribution in [2.45, 2.75) is 25.6 Å². The molecular formula is C21H22N6O4. The third-order valence-corrected chi connectivity index (χ3v) is 5.18. The highest BCUT2D eigenvalue weighted by Gasteiger charge is 2.29. The number of aliphatic carboxylic acids is 1. The number of aromatic nitrogens is 3. The number of pyridine rings is 1. The fraction of sp³-hybridized carbons (Fsp3) is 0.286. The number of carbonyl (C=O) groups is 3. The molecule has 0 saturated heterocycles. The number of carboxylic acid groups (broad SMARTS) is 1. The number of nitrogens with one attached hydrogen (secondary N) is 2. The molecule has 4 rings (SSSR count). The summed E-state index contributed by atoms with van der Waals surface area (Å²) in [7, 11) is 3.30. The van der Waals surface area contributed by atoms with Crippen molar-refractivity contribution in [2.75, 3.05) is 19.4 Å². The highest BCUT2D eigenvalue weighted by atomic mass is 16.4. The van der Waals surface area contributed by atoms with Gasteiger partial charge in [-0.2, -0.15) is 0 Å². The van der Waals surface area contributed by atoms with Gasteiger partial charge in [-0.05, 0) is 35.9 Å². The van der Waals surface area contributed by atoms with E-state index in [0.717, 1.165) is 11.1 Å². The molecule has 31 heavy (non-hydrogen) atoms. The Morgan fingerprint density at radius 1 is 1.32 bits per heavy atom. The molecule has 1 aliphatic heterocycles. The lowest BCUT2D eigenvalue weighted by atomic mass is 10.1. The van der Waals surface area contributed by atoms with Crippen molar-refractivity contribution >= 4 is 34.6 Å². The van der Waals surface area contributed by atoms with Crippen LogP contribution in [-0.2, 0) is 22.7 Å². The maximum Gasteiger partial charge on any atom is 0.305 e. The second-order valence-electron chi connectivity index (χ2n) is 7.58. The van der Waals surface area contributed by atoms with E-state index in [1.165, 1.54) is 4.90 Å². The average molecular weight is 422 g/mol. The lowest BCUT2D eigenvalue weighted by molar-refractivity contribution is -0.141. The Kier molecular flexibility index (Phi) is 5.28. The zero-order valence-corrected chi connectivity index (χ0v) is 17.1. The van der Waals surface area contributed by atoms with Crippen LogP contribution < -0.4 is 5.32 Å². The molecule has 10 nitrogen and oxygen atoms in total. The van der Waals surface area contributed by atoms with Crippen LogP contribution in [0.5, 0.6) is 0 Å². The van der Waals surface area contributed by atoms with Crippen LogP contribution in [0.3, 0.4) is 0 Å². The molecule has 0 radical (unpaired) electrons. The van der Waals surface area contributed by atoms with E-state index in [1.54, 1.807) is 43.4 Å². The molecule has 3 aromatic rings. The number of carboxylic acids is 1. The van der Waals surface area contributed by atoms with Gasteiger partial charge in [-0.25, -0.2) is 9.97 Å². The maximum absolute atomic E-state index is 13.0. The van der Waals surface area contributed by atoms with Gasteiger partial charge in [0.15, 0.2) is 5.65 Å². The summed E-state index contributed by atoms with van der Waals surface area (Å²) >= 11 is 0. The van der Waals surface area contributed by atoms with Gasteiger partial charge in [-0.1, -0.05) is 0 Å². The van der Waals surface area contributed by atoms with Gasteiger partial charge in [-0.3, -0.25) is 14.4 Å². The second-order valence-corrected chi connectivity index (χ2v) is 7.58. The van der Waals surface area contributed by atoms with E-state index in [1.807, 2.05) is 12.1 Å². The number of fused-ring (bicyclic) bond motifs is 2. The van der Waals surface area contributed by atoms with Gasteiger partial charge in [0, 0.05) is 38.1 Å². The number of aromatic amines is 1. The first kappa shape index (κ1) is 20.3. The zero-order valence-electron chi connectivity index (χ0n) is 17.1. The molecule has 2 aromatic heterocycles. The Hall–Kier alpha value is -3.95. The predicted octanol–water partition coefficient (Wildman–Crippen LogP) is 1.46. The smallest absolute Gasteiger partial charge is 0.305 e. The van der Waals surface area contributed by atoms with Crippen molar-refractivity contribution in [3.05, 3.63) is 53.5 Å². The molecule has 0 unspecified atom stereocenters. The monoisotopic (exact) mass is 422 g/mol. The average Bonchev–Trinajstić information content (AvgIpc) is 3.10. The van der Waals surface area contributed by atoms with Gasteiger partial charge >= 0.3 is 5.97 Å². The molecule has 1 aromatic carbocycles. The minimum Gasteiger partial charge on any atom is -0.481 e. The minimum absolute atomic E-state index is 0.198. The van der Waals surface area contributed by atoms with Crippen molar-refractivity contribution in [3.63, 3.8) is 0 Å². The number of amides is 2.